The highest BCUT2D eigenvalue weighted by atomic mass is 16.5. The zero-order valence-electron chi connectivity index (χ0n) is 16.8. The minimum atomic E-state index is -1.22. The number of ether oxygens (including phenoxy) is 1. The molecule has 0 aliphatic carbocycles. The van der Waals surface area contributed by atoms with Gasteiger partial charge in [-0.3, -0.25) is 14.5 Å². The molecule has 4 rings (SSSR count). The van der Waals surface area contributed by atoms with Crippen LogP contribution in [0.25, 0.3) is 10.8 Å². The normalized spacial score (nSPS) is 27.4. The van der Waals surface area contributed by atoms with Gasteiger partial charge in [-0.25, -0.2) is 4.79 Å². The number of fused-ring (bicyclic) bond motifs is 1. The molecule has 2 heterocycles. The van der Waals surface area contributed by atoms with E-state index in [1.165, 1.54) is 0 Å². The molecule has 2 aromatic carbocycles. The first-order valence-corrected chi connectivity index (χ1v) is 9.85. The predicted octanol–water partition coefficient (Wildman–Crippen LogP) is 2.24. The first-order valence-electron chi connectivity index (χ1n) is 9.85. The van der Waals surface area contributed by atoms with Gasteiger partial charge in [0.25, 0.3) is 5.91 Å². The molecule has 2 aliphatic heterocycles. The van der Waals surface area contributed by atoms with E-state index in [0.29, 0.717) is 13.1 Å². The maximum absolute atomic E-state index is 13.3. The molecule has 1 N–H and O–H groups in total. The lowest BCUT2D eigenvalue weighted by atomic mass is 9.88. The number of nitrogens with one attached hydrogen (secondary N) is 1. The number of carbonyl (C=O) groups is 3. The quantitative estimate of drug-likeness (QED) is 0.809. The Bertz CT molecular complexity index is 976. The molecule has 0 radical (unpaired) electrons. The molecule has 4 amide bonds. The fourth-order valence-corrected chi connectivity index (χ4v) is 4.30. The molecular formula is C22H25N3O4. The Labute approximate surface area is 169 Å². The van der Waals surface area contributed by atoms with Crippen LogP contribution < -0.4 is 5.32 Å². The monoisotopic (exact) mass is 395 g/mol. The summed E-state index contributed by atoms with van der Waals surface area (Å²) in [5.41, 5.74) is -0.499. The molecule has 2 aliphatic rings. The third kappa shape index (κ3) is 3.35. The number of morpholine rings is 1. The Balaban J connectivity index is 1.59. The summed E-state index contributed by atoms with van der Waals surface area (Å²) < 4.78 is 5.66. The fourth-order valence-electron chi connectivity index (χ4n) is 4.30. The molecule has 0 aromatic heterocycles. The average molecular weight is 395 g/mol. The second-order valence-corrected chi connectivity index (χ2v) is 8.03. The summed E-state index contributed by atoms with van der Waals surface area (Å²) in [5, 5.41) is 4.69. The largest absolute Gasteiger partial charge is 0.372 e. The lowest BCUT2D eigenvalue weighted by Gasteiger charge is -2.35. The van der Waals surface area contributed by atoms with Crippen LogP contribution in [0.4, 0.5) is 4.79 Å². The minimum Gasteiger partial charge on any atom is -0.372 e. The van der Waals surface area contributed by atoms with Gasteiger partial charge in [0.1, 0.15) is 12.1 Å². The van der Waals surface area contributed by atoms with Crippen molar-refractivity contribution in [1.82, 2.24) is 15.1 Å². The molecular weight excluding hydrogens is 370 g/mol. The van der Waals surface area contributed by atoms with Crippen LogP contribution in [0.1, 0.15) is 26.3 Å². The van der Waals surface area contributed by atoms with Crippen LogP contribution in [0.3, 0.4) is 0 Å². The smallest absolute Gasteiger partial charge is 0.325 e. The topological polar surface area (TPSA) is 79.0 Å². The molecule has 0 bridgehead atoms. The molecule has 3 atom stereocenters. The number of imide groups is 1. The Morgan fingerprint density at radius 1 is 1.10 bits per heavy atom. The van der Waals surface area contributed by atoms with Gasteiger partial charge in [0.05, 0.1) is 12.2 Å². The number of carbonyl (C=O) groups excluding carboxylic acids is 3. The summed E-state index contributed by atoms with van der Waals surface area (Å²) >= 11 is 0. The number of amides is 4. The molecule has 7 nitrogen and oxygen atoms in total. The van der Waals surface area contributed by atoms with Gasteiger partial charge in [0, 0.05) is 13.1 Å². The molecule has 0 spiro atoms. The SMILES string of the molecule is C[C@@H]1CN(C(=O)CN2C(=O)N[C@](C)(c3cccc4ccccc34)C2=O)C[C@H](C)O1. The van der Waals surface area contributed by atoms with Crippen molar-refractivity contribution in [1.29, 1.82) is 0 Å². The van der Waals surface area contributed by atoms with Gasteiger partial charge in [-0.2, -0.15) is 0 Å². The van der Waals surface area contributed by atoms with Crippen LogP contribution in [0, 0.1) is 0 Å². The van der Waals surface area contributed by atoms with Crippen molar-refractivity contribution in [2.75, 3.05) is 19.6 Å². The van der Waals surface area contributed by atoms with Crippen LogP contribution in [0.15, 0.2) is 42.5 Å². The highest BCUT2D eigenvalue weighted by Gasteiger charge is 2.50. The van der Waals surface area contributed by atoms with E-state index in [9.17, 15) is 14.4 Å². The van der Waals surface area contributed by atoms with Gasteiger partial charge in [0.2, 0.25) is 5.91 Å². The Morgan fingerprint density at radius 2 is 1.76 bits per heavy atom. The number of nitrogens with zero attached hydrogens (tertiary/aromatic N) is 2. The predicted molar refractivity (Wildman–Crippen MR) is 108 cm³/mol. The van der Waals surface area contributed by atoms with Crippen molar-refractivity contribution in [3.63, 3.8) is 0 Å². The van der Waals surface area contributed by atoms with E-state index in [4.69, 9.17) is 4.74 Å². The van der Waals surface area contributed by atoms with E-state index in [1.54, 1.807) is 11.8 Å². The maximum atomic E-state index is 13.3. The lowest BCUT2D eigenvalue weighted by Crippen LogP contribution is -2.52. The molecule has 0 saturated carbocycles. The van der Waals surface area contributed by atoms with Crippen molar-refractivity contribution in [3.8, 4) is 0 Å². The standard InChI is InChI=1S/C22H25N3O4/c1-14-11-24(12-15(2)29-14)19(26)13-25-20(27)22(3,23-21(25)28)18-10-6-8-16-7-4-5-9-17(16)18/h4-10,14-15H,11-13H2,1-3H3,(H,23,28)/t14-,15+,22-/m1/s1. The van der Waals surface area contributed by atoms with Gasteiger partial charge in [-0.1, -0.05) is 42.5 Å². The van der Waals surface area contributed by atoms with Gasteiger partial charge in [-0.05, 0) is 37.1 Å². The minimum absolute atomic E-state index is 0.0771. The van der Waals surface area contributed by atoms with Crippen molar-refractivity contribution in [3.05, 3.63) is 48.0 Å². The average Bonchev–Trinajstić information content (AvgIpc) is 2.90. The molecule has 152 valence electrons. The van der Waals surface area contributed by atoms with E-state index in [2.05, 4.69) is 5.32 Å². The second kappa shape index (κ2) is 7.15. The summed E-state index contributed by atoms with van der Waals surface area (Å²) in [5.74, 6) is -0.667. The van der Waals surface area contributed by atoms with E-state index in [1.807, 2.05) is 56.3 Å². The third-order valence-electron chi connectivity index (χ3n) is 5.67. The van der Waals surface area contributed by atoms with E-state index in [0.717, 1.165) is 21.2 Å². The third-order valence-corrected chi connectivity index (χ3v) is 5.67. The second-order valence-electron chi connectivity index (χ2n) is 8.03. The van der Waals surface area contributed by atoms with Crippen molar-refractivity contribution in [2.45, 2.75) is 38.5 Å². The maximum Gasteiger partial charge on any atom is 0.325 e. The Kier molecular flexibility index (Phi) is 4.78. The first kappa shape index (κ1) is 19.4. The highest BCUT2D eigenvalue weighted by Crippen LogP contribution is 2.33. The summed E-state index contributed by atoms with van der Waals surface area (Å²) in [6.07, 6.45) is -0.154. The van der Waals surface area contributed by atoms with Gasteiger partial charge < -0.3 is 15.0 Å². The molecule has 2 aromatic rings. The van der Waals surface area contributed by atoms with Gasteiger partial charge in [0.15, 0.2) is 0 Å². The van der Waals surface area contributed by atoms with Crippen molar-refractivity contribution in [2.24, 2.45) is 0 Å². The fraction of sp³-hybridized carbons (Fsp3) is 0.409. The number of hydrogen-bond acceptors (Lipinski definition) is 4. The van der Waals surface area contributed by atoms with Crippen LogP contribution >= 0.6 is 0 Å². The van der Waals surface area contributed by atoms with E-state index >= 15 is 0 Å². The van der Waals surface area contributed by atoms with Crippen molar-refractivity contribution < 1.29 is 19.1 Å². The van der Waals surface area contributed by atoms with Crippen LogP contribution in [0.5, 0.6) is 0 Å². The van der Waals surface area contributed by atoms with Gasteiger partial charge >= 0.3 is 6.03 Å². The van der Waals surface area contributed by atoms with Crippen LogP contribution in [-0.4, -0.2) is 59.5 Å². The summed E-state index contributed by atoms with van der Waals surface area (Å²) in [6.45, 7) is 6.13. The van der Waals surface area contributed by atoms with E-state index < -0.39 is 17.5 Å². The number of urea groups is 1. The zero-order valence-corrected chi connectivity index (χ0v) is 16.8. The molecule has 2 saturated heterocycles. The summed E-state index contributed by atoms with van der Waals surface area (Å²) in [6, 6.07) is 12.9. The molecule has 2 fully saturated rings. The Morgan fingerprint density at radius 3 is 2.48 bits per heavy atom. The first-order chi connectivity index (χ1) is 13.8. The number of hydrogen-bond donors (Lipinski definition) is 1. The zero-order chi connectivity index (χ0) is 20.8. The van der Waals surface area contributed by atoms with Crippen LogP contribution in [0.2, 0.25) is 0 Å². The number of rotatable bonds is 3. The molecule has 29 heavy (non-hydrogen) atoms. The number of benzene rings is 2. The molecule has 7 heteroatoms. The van der Waals surface area contributed by atoms with E-state index in [-0.39, 0.29) is 24.7 Å². The summed E-state index contributed by atoms with van der Waals surface area (Å²) in [7, 11) is 0. The highest BCUT2D eigenvalue weighted by molar-refractivity contribution is 6.10. The summed E-state index contributed by atoms with van der Waals surface area (Å²) in [4.78, 5) is 41.4. The van der Waals surface area contributed by atoms with Gasteiger partial charge in [-0.15, -0.1) is 0 Å². The molecule has 0 unspecified atom stereocenters. The lowest BCUT2D eigenvalue weighted by molar-refractivity contribution is -0.146. The van der Waals surface area contributed by atoms with Crippen LogP contribution in [-0.2, 0) is 19.9 Å². The Hall–Kier alpha value is -2.93. The van der Waals surface area contributed by atoms with Crippen molar-refractivity contribution >= 4 is 28.6 Å².